The molecule has 0 saturated carbocycles. The average Bonchev–Trinajstić information content (AvgIpc) is 2.50. The van der Waals surface area contributed by atoms with Gasteiger partial charge in [0.1, 0.15) is 18.1 Å². The molecule has 3 rings (SSSR count). The highest BCUT2D eigenvalue weighted by atomic mass is 35.5. The van der Waals surface area contributed by atoms with Gasteiger partial charge in [0.05, 0.1) is 5.02 Å². The Bertz CT molecular complexity index is 817. The second-order valence-electron chi connectivity index (χ2n) is 4.78. The summed E-state index contributed by atoms with van der Waals surface area (Å²) in [6, 6.07) is 9.26. The SMILES string of the molecule is Cc1ccc(Cl)c(OS(=O)(=O)c2ccc3c(c2)OCCO3)c1. The maximum Gasteiger partial charge on any atom is 0.339 e. The quantitative estimate of drug-likeness (QED) is 0.803. The van der Waals surface area contributed by atoms with Crippen molar-refractivity contribution in [2.75, 3.05) is 13.2 Å². The van der Waals surface area contributed by atoms with Gasteiger partial charge in [0.25, 0.3) is 0 Å². The molecule has 116 valence electrons. The fraction of sp³-hybridized carbons (Fsp3) is 0.200. The number of fused-ring (bicyclic) bond motifs is 1. The molecule has 2 aromatic rings. The van der Waals surface area contributed by atoms with E-state index in [9.17, 15) is 8.42 Å². The molecule has 0 aliphatic carbocycles. The first-order valence-electron chi connectivity index (χ1n) is 6.56. The lowest BCUT2D eigenvalue weighted by atomic mass is 10.2. The van der Waals surface area contributed by atoms with E-state index >= 15 is 0 Å². The first-order valence-corrected chi connectivity index (χ1v) is 8.35. The summed E-state index contributed by atoms with van der Waals surface area (Å²) in [7, 11) is -4.01. The van der Waals surface area contributed by atoms with E-state index in [1.165, 1.54) is 12.1 Å². The normalized spacial score (nSPS) is 13.7. The Morgan fingerprint density at radius 1 is 1.05 bits per heavy atom. The number of benzene rings is 2. The van der Waals surface area contributed by atoms with Crippen LogP contribution in [0.25, 0.3) is 0 Å². The van der Waals surface area contributed by atoms with Crippen molar-refractivity contribution < 1.29 is 22.1 Å². The zero-order valence-corrected chi connectivity index (χ0v) is 13.3. The molecule has 0 amide bonds. The van der Waals surface area contributed by atoms with Gasteiger partial charge in [-0.05, 0) is 36.8 Å². The van der Waals surface area contributed by atoms with Crippen LogP contribution in [0, 0.1) is 6.92 Å². The minimum Gasteiger partial charge on any atom is -0.486 e. The molecular formula is C15H13ClO5S. The maximum absolute atomic E-state index is 12.4. The van der Waals surface area contributed by atoms with E-state index in [0.29, 0.717) is 24.7 Å². The minimum atomic E-state index is -4.01. The van der Waals surface area contributed by atoms with Crippen LogP contribution < -0.4 is 13.7 Å². The maximum atomic E-state index is 12.4. The zero-order valence-electron chi connectivity index (χ0n) is 11.7. The minimum absolute atomic E-state index is 0.0191. The van der Waals surface area contributed by atoms with Gasteiger partial charge in [-0.1, -0.05) is 17.7 Å². The van der Waals surface area contributed by atoms with E-state index in [2.05, 4.69) is 0 Å². The molecule has 0 saturated heterocycles. The van der Waals surface area contributed by atoms with Crippen LogP contribution in [0.5, 0.6) is 17.2 Å². The third kappa shape index (κ3) is 2.98. The number of ether oxygens (including phenoxy) is 2. The fourth-order valence-electron chi connectivity index (χ4n) is 2.02. The van der Waals surface area contributed by atoms with Gasteiger partial charge in [-0.25, -0.2) is 0 Å². The summed E-state index contributed by atoms with van der Waals surface area (Å²) in [4.78, 5) is -0.0191. The molecule has 0 spiro atoms. The fourth-order valence-corrected chi connectivity index (χ4v) is 3.18. The molecule has 1 heterocycles. The molecule has 0 N–H and O–H groups in total. The third-order valence-corrected chi connectivity index (χ3v) is 4.63. The predicted molar refractivity (Wildman–Crippen MR) is 81.4 cm³/mol. The van der Waals surface area contributed by atoms with E-state index in [-0.39, 0.29) is 15.7 Å². The lowest BCUT2D eigenvalue weighted by molar-refractivity contribution is 0.171. The van der Waals surface area contributed by atoms with Crippen LogP contribution in [0.4, 0.5) is 0 Å². The van der Waals surface area contributed by atoms with E-state index in [0.717, 1.165) is 5.56 Å². The van der Waals surface area contributed by atoms with Gasteiger partial charge in [0.2, 0.25) is 0 Å². The summed E-state index contributed by atoms with van der Waals surface area (Å²) in [5.74, 6) is 0.988. The summed E-state index contributed by atoms with van der Waals surface area (Å²) < 4.78 is 40.6. The Morgan fingerprint density at radius 2 is 1.77 bits per heavy atom. The van der Waals surface area contributed by atoms with Crippen LogP contribution in [-0.4, -0.2) is 21.6 Å². The van der Waals surface area contributed by atoms with Gasteiger partial charge in [-0.2, -0.15) is 8.42 Å². The van der Waals surface area contributed by atoms with Crippen LogP contribution in [0.3, 0.4) is 0 Å². The van der Waals surface area contributed by atoms with Crippen molar-refractivity contribution >= 4 is 21.7 Å². The summed E-state index contributed by atoms with van der Waals surface area (Å²) in [5, 5.41) is 0.228. The smallest absolute Gasteiger partial charge is 0.339 e. The Hall–Kier alpha value is -1.92. The average molecular weight is 341 g/mol. The van der Waals surface area contributed by atoms with Crippen molar-refractivity contribution in [1.29, 1.82) is 0 Å². The molecule has 0 radical (unpaired) electrons. The van der Waals surface area contributed by atoms with E-state index < -0.39 is 10.1 Å². The Kier molecular flexibility index (Phi) is 3.88. The van der Waals surface area contributed by atoms with Crippen molar-refractivity contribution in [1.82, 2.24) is 0 Å². The molecule has 0 atom stereocenters. The van der Waals surface area contributed by atoms with Crippen molar-refractivity contribution in [2.24, 2.45) is 0 Å². The lowest BCUT2D eigenvalue weighted by Gasteiger charge is -2.18. The Balaban J connectivity index is 1.94. The molecule has 1 aliphatic heterocycles. The van der Waals surface area contributed by atoms with E-state index in [1.807, 2.05) is 6.92 Å². The highest BCUT2D eigenvalue weighted by Gasteiger charge is 2.22. The van der Waals surface area contributed by atoms with Gasteiger partial charge in [-0.3, -0.25) is 0 Å². The topological polar surface area (TPSA) is 61.8 Å². The van der Waals surface area contributed by atoms with E-state index in [4.69, 9.17) is 25.3 Å². The summed E-state index contributed by atoms with van der Waals surface area (Å²) >= 11 is 5.97. The number of hydrogen-bond acceptors (Lipinski definition) is 5. The monoisotopic (exact) mass is 340 g/mol. The second-order valence-corrected chi connectivity index (χ2v) is 6.73. The van der Waals surface area contributed by atoms with Crippen LogP contribution in [0.1, 0.15) is 5.56 Å². The lowest BCUT2D eigenvalue weighted by Crippen LogP contribution is -2.16. The van der Waals surface area contributed by atoms with Crippen LogP contribution in [-0.2, 0) is 10.1 Å². The molecule has 2 aromatic carbocycles. The Morgan fingerprint density at radius 3 is 2.55 bits per heavy atom. The number of rotatable bonds is 3. The molecule has 0 bridgehead atoms. The van der Waals surface area contributed by atoms with Crippen molar-refractivity contribution in [3.05, 3.63) is 47.0 Å². The highest BCUT2D eigenvalue weighted by molar-refractivity contribution is 7.87. The first kappa shape index (κ1) is 15.0. The van der Waals surface area contributed by atoms with Gasteiger partial charge < -0.3 is 13.7 Å². The largest absolute Gasteiger partial charge is 0.486 e. The number of hydrogen-bond donors (Lipinski definition) is 0. The standard InChI is InChI=1S/C15H13ClO5S/c1-10-2-4-12(16)14(8-10)21-22(17,18)11-3-5-13-15(9-11)20-7-6-19-13/h2-5,8-9H,6-7H2,1H3. The molecule has 0 fully saturated rings. The number of aryl methyl sites for hydroxylation is 1. The van der Waals surface area contributed by atoms with Crippen LogP contribution in [0.15, 0.2) is 41.3 Å². The summed E-state index contributed by atoms with van der Waals surface area (Å²) in [6.07, 6.45) is 0. The molecular weight excluding hydrogens is 328 g/mol. The molecule has 0 aromatic heterocycles. The van der Waals surface area contributed by atoms with Crippen LogP contribution in [0.2, 0.25) is 5.02 Å². The first-order chi connectivity index (χ1) is 10.5. The zero-order chi connectivity index (χ0) is 15.7. The summed E-state index contributed by atoms with van der Waals surface area (Å²) in [6.45, 7) is 2.63. The van der Waals surface area contributed by atoms with Crippen molar-refractivity contribution in [3.8, 4) is 17.2 Å². The molecule has 22 heavy (non-hydrogen) atoms. The van der Waals surface area contributed by atoms with E-state index in [1.54, 1.807) is 24.3 Å². The van der Waals surface area contributed by atoms with Gasteiger partial charge in [0.15, 0.2) is 17.2 Å². The molecule has 7 heteroatoms. The van der Waals surface area contributed by atoms with Gasteiger partial charge in [0, 0.05) is 6.07 Å². The third-order valence-electron chi connectivity index (χ3n) is 3.09. The predicted octanol–water partition coefficient (Wildman–Crippen LogP) is 3.19. The van der Waals surface area contributed by atoms with Crippen molar-refractivity contribution in [2.45, 2.75) is 11.8 Å². The van der Waals surface area contributed by atoms with Crippen LogP contribution >= 0.6 is 11.6 Å². The second kappa shape index (κ2) is 5.70. The van der Waals surface area contributed by atoms with Gasteiger partial charge >= 0.3 is 10.1 Å². The van der Waals surface area contributed by atoms with Crippen molar-refractivity contribution in [3.63, 3.8) is 0 Å². The number of halogens is 1. The Labute approximate surface area is 133 Å². The molecule has 5 nitrogen and oxygen atoms in total. The molecule has 0 unspecified atom stereocenters. The highest BCUT2D eigenvalue weighted by Crippen LogP contribution is 2.34. The summed E-state index contributed by atoms with van der Waals surface area (Å²) in [5.41, 5.74) is 0.844. The molecule has 1 aliphatic rings. The van der Waals surface area contributed by atoms with Gasteiger partial charge in [-0.15, -0.1) is 0 Å².